The van der Waals surface area contributed by atoms with Gasteiger partial charge in [0.05, 0.1) is 12.0 Å². The smallest absolute Gasteiger partial charge is 0.128 e. The summed E-state index contributed by atoms with van der Waals surface area (Å²) in [5.74, 6) is 0.937. The Kier molecular flexibility index (Phi) is 4.35. The van der Waals surface area contributed by atoms with Gasteiger partial charge in [-0.15, -0.1) is 0 Å². The molecule has 0 aliphatic carbocycles. The summed E-state index contributed by atoms with van der Waals surface area (Å²) in [7, 11) is 1.62. The fourth-order valence-electron chi connectivity index (χ4n) is 2.63. The van der Waals surface area contributed by atoms with Gasteiger partial charge < -0.3 is 9.84 Å². The number of aromatic nitrogens is 1. The predicted octanol–water partition coefficient (Wildman–Crippen LogP) is 5.06. The molecule has 0 radical (unpaired) electrons. The fourth-order valence-corrected chi connectivity index (χ4v) is 3.43. The van der Waals surface area contributed by atoms with Crippen LogP contribution in [-0.2, 0) is 6.42 Å². The van der Waals surface area contributed by atoms with Gasteiger partial charge in [0.15, 0.2) is 0 Å². The van der Waals surface area contributed by atoms with Crippen LogP contribution in [0.15, 0.2) is 42.6 Å². The molecule has 0 amide bonds. The predicted molar refractivity (Wildman–Crippen MR) is 95.3 cm³/mol. The molecular weight excluding hydrogens is 306 g/mol. The van der Waals surface area contributed by atoms with Crippen LogP contribution in [0.25, 0.3) is 21.6 Å². The average molecular weight is 325 g/mol. The second-order valence-corrected chi connectivity index (χ2v) is 6.27. The van der Waals surface area contributed by atoms with E-state index < -0.39 is 0 Å². The van der Waals surface area contributed by atoms with Crippen molar-refractivity contribution in [2.24, 2.45) is 0 Å². The average Bonchev–Trinajstić information content (AvgIpc) is 3.04. The van der Waals surface area contributed by atoms with E-state index in [2.05, 4.69) is 42.5 Å². The molecule has 0 aliphatic rings. The molecular formula is C19H19NO2S. The Balaban J connectivity index is 2.13. The normalized spacial score (nSPS) is 10.7. The minimum absolute atomic E-state index is 0.219. The van der Waals surface area contributed by atoms with Gasteiger partial charge in [-0.05, 0) is 42.1 Å². The van der Waals surface area contributed by atoms with E-state index in [1.54, 1.807) is 13.2 Å². The second-order valence-electron chi connectivity index (χ2n) is 5.47. The summed E-state index contributed by atoms with van der Waals surface area (Å²) in [5, 5.41) is 10.4. The lowest BCUT2D eigenvalue weighted by Crippen LogP contribution is -1.92. The summed E-state index contributed by atoms with van der Waals surface area (Å²) in [6.07, 6.45) is 2.70. The van der Waals surface area contributed by atoms with Crippen molar-refractivity contribution < 1.29 is 9.84 Å². The maximum Gasteiger partial charge on any atom is 0.128 e. The van der Waals surface area contributed by atoms with Crippen LogP contribution in [0.2, 0.25) is 0 Å². The maximum absolute atomic E-state index is 10.4. The molecule has 3 rings (SSSR count). The number of hydrogen-bond acceptors (Lipinski definition) is 4. The molecule has 0 atom stereocenters. The quantitative estimate of drug-likeness (QED) is 0.729. The number of benzene rings is 2. The Morgan fingerprint density at radius 1 is 1.13 bits per heavy atom. The SMILES string of the molecule is CCc1cc(-c2sncc2-c2ccc(C)cc2)c(O)cc1OC. The zero-order valence-electron chi connectivity index (χ0n) is 13.5. The summed E-state index contributed by atoms with van der Waals surface area (Å²) in [4.78, 5) is 0.976. The summed E-state index contributed by atoms with van der Waals surface area (Å²) in [6, 6.07) is 12.0. The van der Waals surface area contributed by atoms with Gasteiger partial charge >= 0.3 is 0 Å². The Bertz CT molecular complexity index is 822. The van der Waals surface area contributed by atoms with Crippen LogP contribution in [-0.4, -0.2) is 16.6 Å². The summed E-state index contributed by atoms with van der Waals surface area (Å²) in [6.45, 7) is 4.14. The first-order chi connectivity index (χ1) is 11.1. The van der Waals surface area contributed by atoms with Gasteiger partial charge in [-0.25, -0.2) is 0 Å². The highest BCUT2D eigenvalue weighted by Gasteiger charge is 2.16. The van der Waals surface area contributed by atoms with Crippen LogP contribution in [0, 0.1) is 6.92 Å². The number of rotatable bonds is 4. The van der Waals surface area contributed by atoms with Crippen LogP contribution < -0.4 is 4.74 Å². The first-order valence-corrected chi connectivity index (χ1v) is 8.33. The number of aryl methyl sites for hydroxylation is 2. The fraction of sp³-hybridized carbons (Fsp3) is 0.211. The van der Waals surface area contributed by atoms with Crippen LogP contribution in [0.3, 0.4) is 0 Å². The Hall–Kier alpha value is -2.33. The van der Waals surface area contributed by atoms with Crippen molar-refractivity contribution >= 4 is 11.5 Å². The lowest BCUT2D eigenvalue weighted by atomic mass is 9.99. The number of aromatic hydroxyl groups is 1. The van der Waals surface area contributed by atoms with Crippen molar-refractivity contribution in [3.05, 3.63) is 53.7 Å². The van der Waals surface area contributed by atoms with Crippen molar-refractivity contribution in [1.29, 1.82) is 0 Å². The summed E-state index contributed by atoms with van der Waals surface area (Å²) < 4.78 is 9.68. The molecule has 3 aromatic rings. The summed E-state index contributed by atoms with van der Waals surface area (Å²) >= 11 is 1.40. The maximum atomic E-state index is 10.4. The number of hydrogen-bond donors (Lipinski definition) is 1. The van der Waals surface area contributed by atoms with Crippen molar-refractivity contribution in [2.75, 3.05) is 7.11 Å². The Labute approximate surface area is 140 Å². The van der Waals surface area contributed by atoms with Crippen LogP contribution in [0.1, 0.15) is 18.1 Å². The van der Waals surface area contributed by atoms with E-state index in [-0.39, 0.29) is 5.75 Å². The first kappa shape index (κ1) is 15.6. The van der Waals surface area contributed by atoms with Crippen LogP contribution in [0.4, 0.5) is 0 Å². The molecule has 1 aromatic heterocycles. The molecule has 3 nitrogen and oxygen atoms in total. The molecule has 23 heavy (non-hydrogen) atoms. The number of phenols is 1. The van der Waals surface area contributed by atoms with Crippen molar-refractivity contribution in [2.45, 2.75) is 20.3 Å². The lowest BCUT2D eigenvalue weighted by molar-refractivity contribution is 0.403. The largest absolute Gasteiger partial charge is 0.507 e. The highest BCUT2D eigenvalue weighted by molar-refractivity contribution is 7.10. The van der Waals surface area contributed by atoms with Gasteiger partial charge in [-0.3, -0.25) is 0 Å². The molecule has 0 unspecified atom stereocenters. The molecule has 1 heterocycles. The topological polar surface area (TPSA) is 42.4 Å². The van der Waals surface area contributed by atoms with Crippen LogP contribution in [0.5, 0.6) is 11.5 Å². The molecule has 0 aliphatic heterocycles. The van der Waals surface area contributed by atoms with E-state index in [1.807, 2.05) is 12.3 Å². The molecule has 0 saturated carbocycles. The third-order valence-corrected chi connectivity index (χ3v) is 4.79. The van der Waals surface area contributed by atoms with Crippen molar-refractivity contribution in [3.8, 4) is 33.1 Å². The van der Waals surface area contributed by atoms with E-state index in [1.165, 1.54) is 17.1 Å². The molecule has 0 bridgehead atoms. The highest BCUT2D eigenvalue weighted by Crippen LogP contribution is 2.42. The van der Waals surface area contributed by atoms with Crippen molar-refractivity contribution in [1.82, 2.24) is 4.37 Å². The lowest BCUT2D eigenvalue weighted by Gasteiger charge is -2.12. The van der Waals surface area contributed by atoms with E-state index in [0.29, 0.717) is 0 Å². The Morgan fingerprint density at radius 2 is 1.87 bits per heavy atom. The number of phenolic OH excluding ortho intramolecular Hbond substituents is 1. The van der Waals surface area contributed by atoms with Gasteiger partial charge in [0, 0.05) is 23.4 Å². The third-order valence-electron chi connectivity index (χ3n) is 3.96. The molecule has 0 spiro atoms. The molecule has 0 fully saturated rings. The zero-order valence-corrected chi connectivity index (χ0v) is 14.3. The Morgan fingerprint density at radius 3 is 2.52 bits per heavy atom. The highest BCUT2D eigenvalue weighted by atomic mass is 32.1. The number of nitrogens with zero attached hydrogens (tertiary/aromatic N) is 1. The third kappa shape index (κ3) is 2.94. The second kappa shape index (κ2) is 6.42. The van der Waals surface area contributed by atoms with E-state index in [0.717, 1.165) is 39.3 Å². The number of methoxy groups -OCH3 is 1. The van der Waals surface area contributed by atoms with E-state index in [4.69, 9.17) is 4.74 Å². The minimum Gasteiger partial charge on any atom is -0.507 e. The van der Waals surface area contributed by atoms with Gasteiger partial charge in [-0.2, -0.15) is 4.37 Å². The van der Waals surface area contributed by atoms with Crippen LogP contribution >= 0.6 is 11.5 Å². The first-order valence-electron chi connectivity index (χ1n) is 7.56. The van der Waals surface area contributed by atoms with Gasteiger partial charge in [0.25, 0.3) is 0 Å². The van der Waals surface area contributed by atoms with E-state index >= 15 is 0 Å². The molecule has 0 saturated heterocycles. The standard InChI is InChI=1S/C19H19NO2S/c1-4-13-9-15(17(21)10-18(13)22-3)19-16(11-20-23-19)14-7-5-12(2)6-8-14/h5-11,21H,4H2,1-3H3. The minimum atomic E-state index is 0.219. The zero-order chi connectivity index (χ0) is 16.4. The molecule has 4 heteroatoms. The molecule has 1 N–H and O–H groups in total. The monoisotopic (exact) mass is 325 g/mol. The van der Waals surface area contributed by atoms with E-state index in [9.17, 15) is 5.11 Å². The summed E-state index contributed by atoms with van der Waals surface area (Å²) in [5.41, 5.74) is 5.24. The molecule has 118 valence electrons. The molecule has 2 aromatic carbocycles. The number of ether oxygens (including phenoxy) is 1. The van der Waals surface area contributed by atoms with Crippen molar-refractivity contribution in [3.63, 3.8) is 0 Å². The van der Waals surface area contributed by atoms with Gasteiger partial charge in [0.2, 0.25) is 0 Å². The van der Waals surface area contributed by atoms with Gasteiger partial charge in [0.1, 0.15) is 11.5 Å². The van der Waals surface area contributed by atoms with Gasteiger partial charge in [-0.1, -0.05) is 36.8 Å².